The Labute approximate surface area is 191 Å². The fraction of sp³-hybridized carbons (Fsp3) is 0.304. The maximum absolute atomic E-state index is 13.7. The van der Waals surface area contributed by atoms with Crippen LogP contribution in [0, 0.1) is 13.8 Å². The molecule has 0 radical (unpaired) electrons. The minimum atomic E-state index is -5.01. The molecular weight excluding hydrogens is 465 g/mol. The quantitative estimate of drug-likeness (QED) is 0.371. The number of aryl methyl sites for hydroxylation is 2. The Kier molecular flexibility index (Phi) is 7.22. The van der Waals surface area contributed by atoms with Crippen LogP contribution in [-0.2, 0) is 15.7 Å². The molecule has 176 valence electrons. The first kappa shape index (κ1) is 24.4. The van der Waals surface area contributed by atoms with Crippen molar-refractivity contribution in [1.82, 2.24) is 0 Å². The van der Waals surface area contributed by atoms with E-state index in [1.54, 1.807) is 13.8 Å². The lowest BCUT2D eigenvalue weighted by Gasteiger charge is -2.15. The van der Waals surface area contributed by atoms with Gasteiger partial charge in [-0.05, 0) is 55.7 Å². The van der Waals surface area contributed by atoms with Crippen LogP contribution in [0.15, 0.2) is 39.5 Å². The van der Waals surface area contributed by atoms with Gasteiger partial charge in [0.15, 0.2) is 6.61 Å². The molecule has 0 saturated heterocycles. The first-order valence-electron chi connectivity index (χ1n) is 9.92. The topological polar surface area (TPSA) is 75.0 Å². The molecule has 0 atom stereocenters. The molecule has 0 aliphatic heterocycles. The Morgan fingerprint density at radius 3 is 2.36 bits per heavy atom. The Morgan fingerprint density at radius 2 is 1.76 bits per heavy atom. The van der Waals surface area contributed by atoms with Gasteiger partial charge < -0.3 is 18.6 Å². The summed E-state index contributed by atoms with van der Waals surface area (Å²) in [5, 5.41) is 0.288. The number of rotatable bonds is 7. The molecule has 0 aliphatic rings. The summed E-state index contributed by atoms with van der Waals surface area (Å²) in [6, 6.07) is 6.51. The highest BCUT2D eigenvalue weighted by Crippen LogP contribution is 2.39. The van der Waals surface area contributed by atoms with Crippen LogP contribution < -0.4 is 14.9 Å². The molecule has 0 N–H and O–H groups in total. The highest BCUT2D eigenvalue weighted by molar-refractivity contribution is 6.32. The Morgan fingerprint density at radius 1 is 1.09 bits per heavy atom. The lowest BCUT2D eigenvalue weighted by molar-refractivity contribution is -0.154. The normalized spacial score (nSPS) is 11.5. The molecule has 0 amide bonds. The zero-order valence-electron chi connectivity index (χ0n) is 18.0. The van der Waals surface area contributed by atoms with E-state index < -0.39 is 35.7 Å². The second-order valence-corrected chi connectivity index (χ2v) is 7.61. The van der Waals surface area contributed by atoms with Crippen molar-refractivity contribution in [3.63, 3.8) is 0 Å². The zero-order valence-corrected chi connectivity index (χ0v) is 18.7. The van der Waals surface area contributed by atoms with Crippen molar-refractivity contribution in [2.24, 2.45) is 0 Å². The molecule has 3 aromatic rings. The Bertz CT molecular complexity index is 1230. The molecule has 0 bridgehead atoms. The molecule has 0 fully saturated rings. The second-order valence-electron chi connectivity index (χ2n) is 7.23. The van der Waals surface area contributed by atoms with Crippen LogP contribution >= 0.6 is 11.6 Å². The zero-order chi connectivity index (χ0) is 24.3. The lowest BCUT2D eigenvalue weighted by atomic mass is 10.1. The van der Waals surface area contributed by atoms with Crippen molar-refractivity contribution < 1.29 is 36.6 Å². The SMILES string of the molecule is CCCOC(=O)COc1ccc2c(=O)c(Oc3cc(C)c(Cl)c(C)c3)c(C(F)(F)F)oc2c1. The minimum absolute atomic E-state index is 0.0112. The Balaban J connectivity index is 2.02. The van der Waals surface area contributed by atoms with Crippen molar-refractivity contribution in [2.75, 3.05) is 13.2 Å². The summed E-state index contributed by atoms with van der Waals surface area (Å²) in [6.07, 6.45) is -4.38. The van der Waals surface area contributed by atoms with Crippen molar-refractivity contribution in [3.05, 3.63) is 62.5 Å². The van der Waals surface area contributed by atoms with E-state index in [4.69, 9.17) is 30.2 Å². The smallest absolute Gasteiger partial charge is 0.453 e. The van der Waals surface area contributed by atoms with Crippen LogP contribution in [0.4, 0.5) is 13.2 Å². The predicted molar refractivity (Wildman–Crippen MR) is 115 cm³/mol. The molecule has 0 saturated carbocycles. The summed E-state index contributed by atoms with van der Waals surface area (Å²) >= 11 is 6.09. The molecule has 1 aromatic heterocycles. The van der Waals surface area contributed by atoms with Crippen LogP contribution in [0.5, 0.6) is 17.2 Å². The summed E-state index contributed by atoms with van der Waals surface area (Å²) in [4.78, 5) is 24.5. The van der Waals surface area contributed by atoms with Crippen LogP contribution in [0.2, 0.25) is 5.02 Å². The van der Waals surface area contributed by atoms with E-state index in [2.05, 4.69) is 0 Å². The predicted octanol–water partition coefficient (Wildman–Crippen LogP) is 6.21. The van der Waals surface area contributed by atoms with Crippen LogP contribution in [-0.4, -0.2) is 19.2 Å². The number of esters is 1. The number of hydrogen-bond acceptors (Lipinski definition) is 6. The van der Waals surface area contributed by atoms with Gasteiger partial charge in [0, 0.05) is 11.1 Å². The van der Waals surface area contributed by atoms with E-state index in [0.29, 0.717) is 22.6 Å². The fourth-order valence-electron chi connectivity index (χ4n) is 3.01. The number of carbonyl (C=O) groups is 1. The van der Waals surface area contributed by atoms with Crippen LogP contribution in [0.25, 0.3) is 11.0 Å². The molecule has 1 heterocycles. The fourth-order valence-corrected chi connectivity index (χ4v) is 3.12. The van der Waals surface area contributed by atoms with E-state index in [1.807, 2.05) is 6.92 Å². The summed E-state index contributed by atoms with van der Waals surface area (Å²) in [5.74, 6) is -3.17. The molecule has 0 unspecified atom stereocenters. The molecule has 3 rings (SSSR count). The van der Waals surface area contributed by atoms with Crippen LogP contribution in [0.1, 0.15) is 30.2 Å². The molecule has 33 heavy (non-hydrogen) atoms. The summed E-state index contributed by atoms with van der Waals surface area (Å²) in [7, 11) is 0. The van der Waals surface area contributed by atoms with E-state index in [-0.39, 0.29) is 29.1 Å². The van der Waals surface area contributed by atoms with Crippen LogP contribution in [0.3, 0.4) is 0 Å². The van der Waals surface area contributed by atoms with Gasteiger partial charge in [-0.3, -0.25) is 4.79 Å². The first-order chi connectivity index (χ1) is 15.5. The molecule has 10 heteroatoms. The minimum Gasteiger partial charge on any atom is -0.482 e. The number of carbonyl (C=O) groups excluding carboxylic acids is 1. The van der Waals surface area contributed by atoms with Crippen molar-refractivity contribution >= 4 is 28.5 Å². The average molecular weight is 485 g/mol. The second kappa shape index (κ2) is 9.74. The van der Waals surface area contributed by atoms with E-state index in [1.165, 1.54) is 24.3 Å². The van der Waals surface area contributed by atoms with Gasteiger partial charge in [0.25, 0.3) is 5.76 Å². The largest absolute Gasteiger partial charge is 0.482 e. The molecule has 0 aliphatic carbocycles. The van der Waals surface area contributed by atoms with E-state index in [9.17, 15) is 22.8 Å². The number of benzene rings is 2. The third-order valence-corrected chi connectivity index (χ3v) is 5.13. The van der Waals surface area contributed by atoms with E-state index >= 15 is 0 Å². The summed E-state index contributed by atoms with van der Waals surface area (Å²) < 4.78 is 61.7. The summed E-state index contributed by atoms with van der Waals surface area (Å²) in [6.45, 7) is 4.92. The summed E-state index contributed by atoms with van der Waals surface area (Å²) in [5.41, 5.74) is -0.236. The first-order valence-corrected chi connectivity index (χ1v) is 10.3. The van der Waals surface area contributed by atoms with Gasteiger partial charge in [-0.25, -0.2) is 4.79 Å². The molecular formula is C23H20ClF3O6. The van der Waals surface area contributed by atoms with Gasteiger partial charge in [0.2, 0.25) is 11.2 Å². The number of fused-ring (bicyclic) bond motifs is 1. The number of hydrogen-bond donors (Lipinski definition) is 0. The van der Waals surface area contributed by atoms with Crippen molar-refractivity contribution in [3.8, 4) is 17.2 Å². The third kappa shape index (κ3) is 5.60. The number of alkyl halides is 3. The molecule has 2 aromatic carbocycles. The Hall–Kier alpha value is -3.20. The average Bonchev–Trinajstić information content (AvgIpc) is 2.75. The highest BCUT2D eigenvalue weighted by atomic mass is 35.5. The molecule has 6 nitrogen and oxygen atoms in total. The van der Waals surface area contributed by atoms with Gasteiger partial charge >= 0.3 is 12.1 Å². The lowest BCUT2D eigenvalue weighted by Crippen LogP contribution is -2.16. The number of halogens is 4. The van der Waals surface area contributed by atoms with Gasteiger partial charge in [0.05, 0.1) is 12.0 Å². The maximum atomic E-state index is 13.7. The van der Waals surface area contributed by atoms with Gasteiger partial charge in [-0.15, -0.1) is 0 Å². The van der Waals surface area contributed by atoms with Gasteiger partial charge in [-0.2, -0.15) is 13.2 Å². The highest BCUT2D eigenvalue weighted by Gasteiger charge is 2.40. The van der Waals surface area contributed by atoms with Crippen molar-refractivity contribution in [2.45, 2.75) is 33.4 Å². The molecule has 0 spiro atoms. The monoisotopic (exact) mass is 484 g/mol. The van der Waals surface area contributed by atoms with Crippen molar-refractivity contribution in [1.29, 1.82) is 0 Å². The van der Waals surface area contributed by atoms with Gasteiger partial charge in [-0.1, -0.05) is 18.5 Å². The number of ether oxygens (including phenoxy) is 3. The standard InChI is InChI=1S/C23H20ClF3O6/c1-4-7-30-18(28)11-31-14-5-6-16-17(10-14)33-22(23(25,26)27)21(20(16)29)32-15-8-12(2)19(24)13(3)9-15/h5-6,8-10H,4,7,11H2,1-3H3. The van der Waals surface area contributed by atoms with Gasteiger partial charge in [0.1, 0.15) is 17.1 Å². The third-order valence-electron chi connectivity index (χ3n) is 4.53. The maximum Gasteiger partial charge on any atom is 0.453 e. The van der Waals surface area contributed by atoms with E-state index in [0.717, 1.165) is 6.07 Å².